The average Bonchev–Trinajstić information content (AvgIpc) is 2.29. The number of esters is 1. The van der Waals surface area contributed by atoms with Crippen LogP contribution in [0.5, 0.6) is 0 Å². The average molecular weight is 289 g/mol. The molecule has 0 bridgehead atoms. The second kappa shape index (κ2) is 6.90. The van der Waals surface area contributed by atoms with Crippen LogP contribution in [0.1, 0.15) is 47.0 Å². The summed E-state index contributed by atoms with van der Waals surface area (Å²) in [5.74, 6) is -1.11. The number of nitrogens with one attached hydrogen (secondary N) is 1. The highest BCUT2D eigenvalue weighted by atomic mass is 19.1. The van der Waals surface area contributed by atoms with Crippen LogP contribution in [0.15, 0.2) is 0 Å². The third-order valence-electron chi connectivity index (χ3n) is 3.08. The molecule has 0 heterocycles. The van der Waals surface area contributed by atoms with Gasteiger partial charge in [0.15, 0.2) is 0 Å². The summed E-state index contributed by atoms with van der Waals surface area (Å²) >= 11 is 0. The van der Waals surface area contributed by atoms with Crippen molar-refractivity contribution in [3.8, 4) is 0 Å². The minimum absolute atomic E-state index is 0.0826. The molecule has 3 atom stereocenters. The largest absolute Gasteiger partial charge is 0.466 e. The zero-order valence-electron chi connectivity index (χ0n) is 12.6. The predicted octanol–water partition coefficient (Wildman–Crippen LogP) is 2.58. The Labute approximate surface area is 119 Å². The molecule has 1 saturated carbocycles. The summed E-state index contributed by atoms with van der Waals surface area (Å²) in [5.41, 5.74) is -0.610. The lowest BCUT2D eigenvalue weighted by atomic mass is 9.83. The monoisotopic (exact) mass is 289 g/mol. The Bertz CT molecular complexity index is 354. The van der Waals surface area contributed by atoms with E-state index in [1.54, 1.807) is 27.7 Å². The third-order valence-corrected chi connectivity index (χ3v) is 3.08. The van der Waals surface area contributed by atoms with Gasteiger partial charge in [-0.2, -0.15) is 0 Å². The molecule has 6 heteroatoms. The molecule has 1 fully saturated rings. The summed E-state index contributed by atoms with van der Waals surface area (Å²) in [6.45, 7) is 7.21. The van der Waals surface area contributed by atoms with Gasteiger partial charge in [0.1, 0.15) is 11.8 Å². The second-order valence-corrected chi connectivity index (χ2v) is 6.02. The Kier molecular flexibility index (Phi) is 5.77. The number of ether oxygens (including phenoxy) is 2. The number of carbonyl (C=O) groups excluding carboxylic acids is 2. The lowest BCUT2D eigenvalue weighted by Gasteiger charge is -2.32. The van der Waals surface area contributed by atoms with Crippen LogP contribution in [-0.2, 0) is 14.3 Å². The van der Waals surface area contributed by atoms with Crippen molar-refractivity contribution in [2.75, 3.05) is 6.61 Å². The Hall–Kier alpha value is -1.33. The Balaban J connectivity index is 2.64. The van der Waals surface area contributed by atoms with Crippen LogP contribution in [0.3, 0.4) is 0 Å². The normalized spacial score (nSPS) is 26.8. The Morgan fingerprint density at radius 1 is 1.30 bits per heavy atom. The molecule has 0 unspecified atom stereocenters. The van der Waals surface area contributed by atoms with Gasteiger partial charge in [-0.25, -0.2) is 9.18 Å². The van der Waals surface area contributed by atoms with Crippen molar-refractivity contribution < 1.29 is 23.5 Å². The van der Waals surface area contributed by atoms with Gasteiger partial charge in [-0.1, -0.05) is 0 Å². The van der Waals surface area contributed by atoms with Crippen molar-refractivity contribution in [2.24, 2.45) is 5.92 Å². The number of rotatable bonds is 3. The number of amides is 1. The molecule has 116 valence electrons. The predicted molar refractivity (Wildman–Crippen MR) is 72.0 cm³/mol. The van der Waals surface area contributed by atoms with Gasteiger partial charge in [-0.05, 0) is 47.0 Å². The number of carbonyl (C=O) groups is 2. The van der Waals surface area contributed by atoms with Crippen LogP contribution >= 0.6 is 0 Å². The molecule has 0 aromatic carbocycles. The van der Waals surface area contributed by atoms with E-state index in [2.05, 4.69) is 5.32 Å². The molecule has 5 nitrogen and oxygen atoms in total. The highest BCUT2D eigenvalue weighted by molar-refractivity contribution is 5.75. The molecule has 1 amide bonds. The fourth-order valence-corrected chi connectivity index (χ4v) is 2.26. The van der Waals surface area contributed by atoms with Crippen LogP contribution < -0.4 is 5.32 Å². The molecule has 0 aliphatic heterocycles. The minimum atomic E-state index is -1.03. The van der Waals surface area contributed by atoms with E-state index >= 15 is 0 Å². The molecule has 1 rings (SSSR count). The SMILES string of the molecule is CCOC(=O)[C@@H]1C[C@H](F)CC[C@@H]1NC(=O)OC(C)(C)C. The topological polar surface area (TPSA) is 64.6 Å². The van der Waals surface area contributed by atoms with Gasteiger partial charge in [-0.15, -0.1) is 0 Å². The number of halogens is 1. The first-order valence-corrected chi connectivity index (χ1v) is 7.03. The maximum Gasteiger partial charge on any atom is 0.407 e. The van der Waals surface area contributed by atoms with Crippen molar-refractivity contribution in [1.29, 1.82) is 0 Å². The highest BCUT2D eigenvalue weighted by Crippen LogP contribution is 2.28. The van der Waals surface area contributed by atoms with Crippen LogP contribution in [-0.4, -0.2) is 36.5 Å². The number of alkyl halides is 1. The fraction of sp³-hybridized carbons (Fsp3) is 0.857. The molecular formula is C14H24FNO4. The summed E-state index contributed by atoms with van der Waals surface area (Å²) < 4.78 is 23.6. The Morgan fingerprint density at radius 3 is 2.50 bits per heavy atom. The second-order valence-electron chi connectivity index (χ2n) is 6.02. The van der Waals surface area contributed by atoms with Crippen LogP contribution in [0.25, 0.3) is 0 Å². The maximum absolute atomic E-state index is 13.5. The van der Waals surface area contributed by atoms with Crippen molar-refractivity contribution in [3.63, 3.8) is 0 Å². The van der Waals surface area contributed by atoms with E-state index in [-0.39, 0.29) is 13.0 Å². The van der Waals surface area contributed by atoms with Crippen LogP contribution in [0.2, 0.25) is 0 Å². The number of hydrogen-bond donors (Lipinski definition) is 1. The van der Waals surface area contributed by atoms with E-state index in [0.29, 0.717) is 12.8 Å². The summed E-state index contributed by atoms with van der Waals surface area (Å²) in [7, 11) is 0. The number of hydrogen-bond acceptors (Lipinski definition) is 4. The summed E-state index contributed by atoms with van der Waals surface area (Å²) in [6, 6.07) is -0.434. The van der Waals surface area contributed by atoms with E-state index in [1.165, 1.54) is 0 Å². The van der Waals surface area contributed by atoms with Crippen molar-refractivity contribution in [3.05, 3.63) is 0 Å². The maximum atomic E-state index is 13.5. The van der Waals surface area contributed by atoms with Crippen molar-refractivity contribution in [1.82, 2.24) is 5.32 Å². The van der Waals surface area contributed by atoms with Crippen molar-refractivity contribution >= 4 is 12.1 Å². The van der Waals surface area contributed by atoms with Gasteiger partial charge >= 0.3 is 12.1 Å². The first-order chi connectivity index (χ1) is 9.23. The molecule has 1 aliphatic rings. The zero-order chi connectivity index (χ0) is 15.3. The number of alkyl carbamates (subject to hydrolysis) is 1. The molecule has 0 radical (unpaired) electrons. The van der Waals surface area contributed by atoms with E-state index in [1.807, 2.05) is 0 Å². The van der Waals surface area contributed by atoms with E-state index in [9.17, 15) is 14.0 Å². The smallest absolute Gasteiger partial charge is 0.407 e. The standard InChI is InChI=1S/C14H24FNO4/c1-5-19-12(17)10-8-9(15)6-7-11(10)16-13(18)20-14(2,3)4/h9-11H,5-8H2,1-4H3,(H,16,18)/t9-,10-,11+/m1/s1. The molecule has 0 aromatic heterocycles. The molecule has 1 N–H and O–H groups in total. The molecule has 20 heavy (non-hydrogen) atoms. The molecule has 0 spiro atoms. The van der Waals surface area contributed by atoms with E-state index < -0.39 is 35.8 Å². The third kappa shape index (κ3) is 5.35. The van der Waals surface area contributed by atoms with E-state index in [4.69, 9.17) is 9.47 Å². The lowest BCUT2D eigenvalue weighted by Crippen LogP contribution is -2.48. The summed E-state index contributed by atoms with van der Waals surface area (Å²) in [5, 5.41) is 2.66. The van der Waals surface area contributed by atoms with Crippen molar-refractivity contribution in [2.45, 2.75) is 64.8 Å². The lowest BCUT2D eigenvalue weighted by molar-refractivity contribution is -0.150. The zero-order valence-corrected chi connectivity index (χ0v) is 12.6. The van der Waals surface area contributed by atoms with Crippen LogP contribution in [0, 0.1) is 5.92 Å². The van der Waals surface area contributed by atoms with E-state index in [0.717, 1.165) is 0 Å². The van der Waals surface area contributed by atoms with Gasteiger partial charge in [0, 0.05) is 6.04 Å². The van der Waals surface area contributed by atoms with Gasteiger partial charge < -0.3 is 14.8 Å². The highest BCUT2D eigenvalue weighted by Gasteiger charge is 2.37. The first-order valence-electron chi connectivity index (χ1n) is 7.03. The molecular weight excluding hydrogens is 265 g/mol. The van der Waals surface area contributed by atoms with Crippen LogP contribution in [0.4, 0.5) is 9.18 Å². The molecule has 0 aromatic rings. The van der Waals surface area contributed by atoms with Gasteiger partial charge in [-0.3, -0.25) is 4.79 Å². The summed E-state index contributed by atoms with van der Waals surface area (Å²) in [4.78, 5) is 23.6. The molecule has 0 saturated heterocycles. The minimum Gasteiger partial charge on any atom is -0.466 e. The van der Waals surface area contributed by atoms with Gasteiger partial charge in [0.05, 0.1) is 12.5 Å². The summed E-state index contributed by atoms with van der Waals surface area (Å²) in [6.07, 6.45) is -0.797. The first kappa shape index (κ1) is 16.7. The molecule has 1 aliphatic carbocycles. The Morgan fingerprint density at radius 2 is 1.95 bits per heavy atom. The fourth-order valence-electron chi connectivity index (χ4n) is 2.26. The van der Waals surface area contributed by atoms with Gasteiger partial charge in [0.25, 0.3) is 0 Å². The van der Waals surface area contributed by atoms with Gasteiger partial charge in [0.2, 0.25) is 0 Å². The quantitative estimate of drug-likeness (QED) is 0.811.